The molecule has 0 aromatic heterocycles. The minimum Gasteiger partial charge on any atom is -0.436 e. The van der Waals surface area contributed by atoms with Crippen LogP contribution in [0.3, 0.4) is 0 Å². The zero-order valence-corrected chi connectivity index (χ0v) is 22.3. The predicted octanol–water partition coefficient (Wildman–Crippen LogP) is 8.45. The Labute approximate surface area is 225 Å². The number of hydrogen-bond acceptors (Lipinski definition) is 3. The molecule has 1 heterocycles. The third-order valence-electron chi connectivity index (χ3n) is 7.09. The smallest absolute Gasteiger partial charge is 0.416 e. The summed E-state index contributed by atoms with van der Waals surface area (Å²) < 4.78 is 127. The Hall–Kier alpha value is -2.96. The van der Waals surface area contributed by atoms with E-state index < -0.39 is 71.1 Å². The lowest BCUT2D eigenvalue weighted by Gasteiger charge is -2.31. The van der Waals surface area contributed by atoms with Crippen LogP contribution in [0.25, 0.3) is 0 Å². The minimum absolute atomic E-state index is 0.0341. The molecule has 1 aliphatic rings. The predicted molar refractivity (Wildman–Crippen MR) is 128 cm³/mol. The van der Waals surface area contributed by atoms with Gasteiger partial charge in [0.2, 0.25) is 0 Å². The fourth-order valence-electron chi connectivity index (χ4n) is 4.80. The van der Waals surface area contributed by atoms with Crippen molar-refractivity contribution in [1.82, 2.24) is 10.2 Å². The summed E-state index contributed by atoms with van der Waals surface area (Å²) in [6.45, 7) is 7.63. The van der Waals surface area contributed by atoms with Crippen LogP contribution in [0.15, 0.2) is 36.4 Å². The first-order valence-corrected chi connectivity index (χ1v) is 12.4. The minimum atomic E-state index is -5.12. The Morgan fingerprint density at radius 1 is 0.900 bits per heavy atom. The molecular formula is C27H29F9N2O2. The lowest BCUT2D eigenvalue weighted by Crippen LogP contribution is -2.39. The van der Waals surface area contributed by atoms with Gasteiger partial charge in [-0.05, 0) is 67.3 Å². The van der Waals surface area contributed by atoms with Crippen LogP contribution in [0.1, 0.15) is 80.5 Å². The van der Waals surface area contributed by atoms with Crippen molar-refractivity contribution in [3.63, 3.8) is 0 Å². The second kappa shape index (κ2) is 10.8. The number of nitrogens with one attached hydrogen (secondary N) is 1. The summed E-state index contributed by atoms with van der Waals surface area (Å²) in [6, 6.07) is 2.46. The number of nitrogens with zero attached hydrogens (tertiary/aromatic N) is 1. The van der Waals surface area contributed by atoms with Crippen LogP contribution >= 0.6 is 0 Å². The first-order valence-electron chi connectivity index (χ1n) is 12.4. The van der Waals surface area contributed by atoms with Crippen LogP contribution < -0.4 is 5.32 Å². The van der Waals surface area contributed by atoms with Crippen LogP contribution in [0.4, 0.5) is 44.3 Å². The number of hydrogen-bond donors (Lipinski definition) is 1. The van der Waals surface area contributed by atoms with Gasteiger partial charge in [0.05, 0.1) is 22.7 Å². The molecule has 1 aliphatic heterocycles. The van der Waals surface area contributed by atoms with Gasteiger partial charge in [0.15, 0.2) is 5.60 Å². The fraction of sp³-hybridized carbons (Fsp3) is 0.519. The molecule has 1 unspecified atom stereocenters. The highest BCUT2D eigenvalue weighted by molar-refractivity contribution is 5.72. The molecule has 40 heavy (non-hydrogen) atoms. The van der Waals surface area contributed by atoms with Gasteiger partial charge >= 0.3 is 24.6 Å². The molecule has 0 radical (unpaired) electrons. The summed E-state index contributed by atoms with van der Waals surface area (Å²) >= 11 is 0. The molecule has 1 N–H and O–H groups in total. The van der Waals surface area contributed by atoms with Gasteiger partial charge in [0.25, 0.3) is 0 Å². The first kappa shape index (κ1) is 31.6. The van der Waals surface area contributed by atoms with Gasteiger partial charge in [-0.3, -0.25) is 4.90 Å². The Bertz CT molecular complexity index is 1210. The number of halogens is 9. The zero-order valence-electron chi connectivity index (χ0n) is 22.3. The molecule has 0 bridgehead atoms. The molecule has 1 saturated heterocycles. The van der Waals surface area contributed by atoms with Crippen LogP contribution in [-0.4, -0.2) is 23.1 Å². The zero-order chi connectivity index (χ0) is 30.4. The SMILES string of the molecule is CCC(NC(C)C)c1ccc(C(F)(F)F)cc1CN1C(=O)O[C@@](C)(c2cc(C(F)(F)F)cc(C(F)(F)F)c2)[C@@H]1C. The molecule has 3 atom stereocenters. The van der Waals surface area contributed by atoms with Gasteiger partial charge in [0.1, 0.15) is 0 Å². The third kappa shape index (κ3) is 6.50. The van der Waals surface area contributed by atoms with Crippen LogP contribution in [0, 0.1) is 0 Å². The Morgan fingerprint density at radius 2 is 1.43 bits per heavy atom. The average molecular weight is 585 g/mol. The van der Waals surface area contributed by atoms with Crippen LogP contribution in [0.5, 0.6) is 0 Å². The maximum atomic E-state index is 13.6. The quantitative estimate of drug-likeness (QED) is 0.332. The molecule has 1 amide bonds. The lowest BCUT2D eigenvalue weighted by atomic mass is 9.86. The van der Waals surface area contributed by atoms with Gasteiger partial charge in [-0.25, -0.2) is 4.79 Å². The van der Waals surface area contributed by atoms with Gasteiger partial charge in [0, 0.05) is 18.6 Å². The largest absolute Gasteiger partial charge is 0.436 e. The average Bonchev–Trinajstić information content (AvgIpc) is 3.04. The highest BCUT2D eigenvalue weighted by Gasteiger charge is 2.51. The number of ether oxygens (including phenoxy) is 1. The first-order chi connectivity index (χ1) is 18.2. The van der Waals surface area contributed by atoms with Gasteiger partial charge in [-0.1, -0.05) is 26.8 Å². The van der Waals surface area contributed by atoms with Gasteiger partial charge in [-0.2, -0.15) is 39.5 Å². The fourth-order valence-corrected chi connectivity index (χ4v) is 4.80. The summed E-state index contributed by atoms with van der Waals surface area (Å²) in [5, 5.41) is 3.25. The molecule has 4 nitrogen and oxygen atoms in total. The highest BCUT2D eigenvalue weighted by Crippen LogP contribution is 2.44. The number of carbonyl (C=O) groups excluding carboxylic acids is 1. The topological polar surface area (TPSA) is 41.6 Å². The number of rotatable bonds is 7. The van der Waals surface area contributed by atoms with E-state index in [0.717, 1.165) is 17.0 Å². The summed E-state index contributed by atoms with van der Waals surface area (Å²) in [5.74, 6) is 0. The van der Waals surface area contributed by atoms with E-state index in [2.05, 4.69) is 5.32 Å². The summed E-state index contributed by atoms with van der Waals surface area (Å²) in [7, 11) is 0. The maximum absolute atomic E-state index is 13.6. The van der Waals surface area contributed by atoms with E-state index >= 15 is 0 Å². The maximum Gasteiger partial charge on any atom is 0.416 e. The normalized spacial score (nSPS) is 21.2. The second-order valence-electron chi connectivity index (χ2n) is 10.3. The van der Waals surface area contributed by atoms with E-state index in [9.17, 15) is 44.3 Å². The Balaban J connectivity index is 2.09. The van der Waals surface area contributed by atoms with Crippen molar-refractivity contribution in [2.75, 3.05) is 0 Å². The summed E-state index contributed by atoms with van der Waals surface area (Å²) in [6.07, 6.45) is -15.5. The van der Waals surface area contributed by atoms with E-state index in [1.165, 1.54) is 19.9 Å². The van der Waals surface area contributed by atoms with Crippen molar-refractivity contribution in [2.45, 2.75) is 89.8 Å². The molecule has 0 saturated carbocycles. The number of alkyl halides is 9. The van der Waals surface area contributed by atoms with Gasteiger partial charge < -0.3 is 10.1 Å². The van der Waals surface area contributed by atoms with Crippen molar-refractivity contribution in [1.29, 1.82) is 0 Å². The summed E-state index contributed by atoms with van der Waals surface area (Å²) in [5.41, 5.74) is -6.06. The number of amides is 1. The molecule has 222 valence electrons. The third-order valence-corrected chi connectivity index (χ3v) is 7.09. The van der Waals surface area contributed by atoms with E-state index in [0.29, 0.717) is 24.1 Å². The van der Waals surface area contributed by atoms with Crippen molar-refractivity contribution in [3.8, 4) is 0 Å². The molecule has 13 heteroatoms. The molecule has 0 spiro atoms. The lowest BCUT2D eigenvalue weighted by molar-refractivity contribution is -0.143. The van der Waals surface area contributed by atoms with E-state index in [1.54, 1.807) is 0 Å². The van der Waals surface area contributed by atoms with E-state index in [1.807, 2.05) is 20.8 Å². The molecule has 1 fully saturated rings. The molecular weight excluding hydrogens is 555 g/mol. The van der Waals surface area contributed by atoms with Crippen LogP contribution in [-0.2, 0) is 35.4 Å². The number of cyclic esters (lactones) is 1. The van der Waals surface area contributed by atoms with Crippen LogP contribution in [0.2, 0.25) is 0 Å². The van der Waals surface area contributed by atoms with E-state index in [-0.39, 0.29) is 17.7 Å². The van der Waals surface area contributed by atoms with Crippen molar-refractivity contribution in [2.24, 2.45) is 0 Å². The van der Waals surface area contributed by atoms with E-state index in [4.69, 9.17) is 4.74 Å². The second-order valence-corrected chi connectivity index (χ2v) is 10.3. The Morgan fingerprint density at radius 3 is 1.88 bits per heavy atom. The molecule has 3 rings (SSSR count). The van der Waals surface area contributed by atoms with Crippen molar-refractivity contribution >= 4 is 6.09 Å². The number of carbonyl (C=O) groups is 1. The van der Waals surface area contributed by atoms with Crippen molar-refractivity contribution in [3.05, 3.63) is 69.8 Å². The van der Waals surface area contributed by atoms with Crippen molar-refractivity contribution < 1.29 is 49.0 Å². The highest BCUT2D eigenvalue weighted by atomic mass is 19.4. The monoisotopic (exact) mass is 584 g/mol. The molecule has 2 aromatic rings. The standard InChI is InChI=1S/C27H29F9N2O2/c1-6-22(37-14(2)3)21-8-7-17(25(28,29)30)9-16(21)13-38-15(4)24(5,40-23(38)39)18-10-19(26(31,32)33)12-20(11-18)27(34,35)36/h7-12,14-15,22,37H,6,13H2,1-5H3/t15-,22?,24+/m0/s1. The number of benzene rings is 2. The molecule has 2 aromatic carbocycles. The molecule has 0 aliphatic carbocycles. The van der Waals surface area contributed by atoms with Gasteiger partial charge in [-0.15, -0.1) is 0 Å². The summed E-state index contributed by atoms with van der Waals surface area (Å²) in [4.78, 5) is 14.0. The Kier molecular flexibility index (Phi) is 8.51.